The molecule has 1 atom stereocenters. The molecule has 0 fully saturated rings. The third kappa shape index (κ3) is 11.4. The van der Waals surface area contributed by atoms with E-state index in [1.807, 2.05) is 6.92 Å². The molecule has 78 valence electrons. The van der Waals surface area contributed by atoms with E-state index >= 15 is 0 Å². The fourth-order valence-corrected chi connectivity index (χ4v) is 2.37. The smallest absolute Gasteiger partial charge is 0.324 e. The molecular formula is C8H19NdO3P. The van der Waals surface area contributed by atoms with E-state index < -0.39 is 7.60 Å². The molecule has 0 saturated heterocycles. The van der Waals surface area contributed by atoms with Gasteiger partial charge in [0.15, 0.2) is 0 Å². The first-order chi connectivity index (χ1) is 5.49. The van der Waals surface area contributed by atoms with Gasteiger partial charge in [0.25, 0.3) is 0 Å². The molecule has 0 aromatic heterocycles. The fraction of sp³-hybridized carbons (Fsp3) is 1.00. The third-order valence-electron chi connectivity index (χ3n) is 2.04. The van der Waals surface area contributed by atoms with Crippen molar-refractivity contribution in [2.24, 2.45) is 5.92 Å². The minimum Gasteiger partial charge on any atom is -0.324 e. The van der Waals surface area contributed by atoms with E-state index in [1.165, 1.54) is 0 Å². The molecule has 0 heterocycles. The van der Waals surface area contributed by atoms with Crippen LogP contribution in [0, 0.1) is 46.8 Å². The molecule has 0 spiro atoms. The first-order valence-corrected chi connectivity index (χ1v) is 6.34. The van der Waals surface area contributed by atoms with E-state index in [9.17, 15) is 4.57 Å². The van der Waals surface area contributed by atoms with Crippen molar-refractivity contribution in [2.75, 3.05) is 6.16 Å². The van der Waals surface area contributed by atoms with Gasteiger partial charge in [0.1, 0.15) is 0 Å². The van der Waals surface area contributed by atoms with Crippen molar-refractivity contribution >= 4 is 7.60 Å². The summed E-state index contributed by atoms with van der Waals surface area (Å²) in [6.07, 6.45) is 4.03. The predicted molar refractivity (Wildman–Crippen MR) is 50.2 cm³/mol. The van der Waals surface area contributed by atoms with Gasteiger partial charge in [0.2, 0.25) is 0 Å². The molecule has 0 aliphatic rings. The fourth-order valence-electron chi connectivity index (χ4n) is 1.25. The van der Waals surface area contributed by atoms with Gasteiger partial charge in [-0.05, 0) is 12.3 Å². The molecule has 2 N–H and O–H groups in total. The van der Waals surface area contributed by atoms with Crippen LogP contribution in [0.4, 0.5) is 0 Å². The third-order valence-corrected chi connectivity index (χ3v) is 3.03. The Morgan fingerprint density at radius 3 is 2.15 bits per heavy atom. The summed E-state index contributed by atoms with van der Waals surface area (Å²) in [4.78, 5) is 17.5. The summed E-state index contributed by atoms with van der Waals surface area (Å²) < 4.78 is 10.7. The van der Waals surface area contributed by atoms with Gasteiger partial charge in [-0.2, -0.15) is 0 Å². The maximum Gasteiger partial charge on any atom is 0.325 e. The van der Waals surface area contributed by atoms with Crippen LogP contribution in [0.25, 0.3) is 0 Å². The molecule has 0 aliphatic carbocycles. The molecule has 3 nitrogen and oxygen atoms in total. The monoisotopic (exact) mass is 336 g/mol. The molecule has 0 bridgehead atoms. The summed E-state index contributed by atoms with van der Waals surface area (Å²) in [7, 11) is -3.78. The van der Waals surface area contributed by atoms with E-state index in [2.05, 4.69) is 6.92 Å². The Bertz CT molecular complexity index is 157. The number of rotatable bonds is 6. The van der Waals surface area contributed by atoms with E-state index in [0.29, 0.717) is 0 Å². The minimum atomic E-state index is -3.78. The summed E-state index contributed by atoms with van der Waals surface area (Å²) >= 11 is 0. The van der Waals surface area contributed by atoms with Crippen molar-refractivity contribution in [2.45, 2.75) is 39.5 Å². The van der Waals surface area contributed by atoms with E-state index in [-0.39, 0.29) is 52.9 Å². The summed E-state index contributed by atoms with van der Waals surface area (Å²) in [5.74, 6) is 0.200. The summed E-state index contributed by atoms with van der Waals surface area (Å²) in [5.41, 5.74) is 0. The first kappa shape index (κ1) is 16.9. The zero-order valence-electron chi connectivity index (χ0n) is 8.36. The van der Waals surface area contributed by atoms with Gasteiger partial charge in [-0.1, -0.05) is 33.1 Å². The maximum atomic E-state index is 10.7. The molecule has 0 radical (unpaired) electrons. The van der Waals surface area contributed by atoms with Crippen LogP contribution in [0.3, 0.4) is 0 Å². The van der Waals surface area contributed by atoms with Crippen molar-refractivity contribution in [1.29, 1.82) is 0 Å². The maximum absolute atomic E-state index is 10.7. The van der Waals surface area contributed by atoms with Crippen molar-refractivity contribution in [3.8, 4) is 0 Å². The molecule has 0 aromatic carbocycles. The number of hydrogen-bond acceptors (Lipinski definition) is 1. The minimum absolute atomic E-state index is 0. The van der Waals surface area contributed by atoms with Crippen LogP contribution in [0.1, 0.15) is 39.5 Å². The molecule has 0 rings (SSSR count). The predicted octanol–water partition coefficient (Wildman–Crippen LogP) is 2.38. The molecule has 0 saturated carbocycles. The van der Waals surface area contributed by atoms with Crippen LogP contribution < -0.4 is 0 Å². The van der Waals surface area contributed by atoms with Crippen LogP contribution >= 0.6 is 7.60 Å². The second kappa shape index (κ2) is 8.78. The Hall–Kier alpha value is 1.50. The van der Waals surface area contributed by atoms with Crippen LogP contribution in [0.15, 0.2) is 0 Å². The number of unbranched alkanes of at least 4 members (excludes halogenated alkanes) is 1. The molecule has 0 aliphatic heterocycles. The Morgan fingerprint density at radius 1 is 1.31 bits per heavy atom. The molecule has 13 heavy (non-hydrogen) atoms. The zero-order valence-corrected chi connectivity index (χ0v) is 12.5. The Balaban J connectivity index is 0. The molecule has 0 aromatic rings. The molecule has 0 amide bonds. The summed E-state index contributed by atoms with van der Waals surface area (Å²) in [6.45, 7) is 4.07. The van der Waals surface area contributed by atoms with Crippen molar-refractivity contribution < 1.29 is 55.2 Å². The Morgan fingerprint density at radius 2 is 1.85 bits per heavy atom. The van der Waals surface area contributed by atoms with Crippen LogP contribution in [0.2, 0.25) is 0 Å². The average Bonchev–Trinajstić information content (AvgIpc) is 1.95. The second-order valence-corrected chi connectivity index (χ2v) is 4.96. The largest absolute Gasteiger partial charge is 0.325 e. The molecule has 1 unspecified atom stereocenters. The Labute approximate surface area is 113 Å². The zero-order chi connectivity index (χ0) is 9.61. The van der Waals surface area contributed by atoms with Gasteiger partial charge in [-0.25, -0.2) is 0 Å². The van der Waals surface area contributed by atoms with Gasteiger partial charge >= 0.3 is 7.60 Å². The standard InChI is InChI=1S/C8H19O3P.Nd/c1-3-5-6-8(4-2)7-12(9,10)11;/h8H,3-7H2,1-2H3,(H2,9,10,11);. The van der Waals surface area contributed by atoms with E-state index in [0.717, 1.165) is 25.7 Å². The normalized spacial score (nSPS) is 13.5. The van der Waals surface area contributed by atoms with Crippen molar-refractivity contribution in [1.82, 2.24) is 0 Å². The van der Waals surface area contributed by atoms with E-state index in [4.69, 9.17) is 9.79 Å². The van der Waals surface area contributed by atoms with Gasteiger partial charge < -0.3 is 9.79 Å². The van der Waals surface area contributed by atoms with Gasteiger partial charge in [0.05, 0.1) is 6.16 Å². The summed E-state index contributed by atoms with van der Waals surface area (Å²) in [6, 6.07) is 0. The van der Waals surface area contributed by atoms with Gasteiger partial charge in [0, 0.05) is 40.8 Å². The Kier molecular flexibility index (Phi) is 11.4. The van der Waals surface area contributed by atoms with Gasteiger partial charge in [-0.3, -0.25) is 4.57 Å². The average molecular weight is 338 g/mol. The second-order valence-electron chi connectivity index (χ2n) is 3.26. The van der Waals surface area contributed by atoms with E-state index in [1.54, 1.807) is 0 Å². The number of hydrogen-bond donors (Lipinski definition) is 2. The first-order valence-electron chi connectivity index (χ1n) is 4.54. The van der Waals surface area contributed by atoms with Gasteiger partial charge in [-0.15, -0.1) is 0 Å². The van der Waals surface area contributed by atoms with Crippen LogP contribution in [-0.2, 0) is 4.57 Å². The molecule has 5 heteroatoms. The van der Waals surface area contributed by atoms with Crippen molar-refractivity contribution in [3.63, 3.8) is 0 Å². The molecular weight excluding hydrogens is 319 g/mol. The van der Waals surface area contributed by atoms with Crippen LogP contribution in [-0.4, -0.2) is 15.9 Å². The van der Waals surface area contributed by atoms with Crippen LogP contribution in [0.5, 0.6) is 0 Å². The quantitative estimate of drug-likeness (QED) is 0.731. The SMILES string of the molecule is CCCCC(CC)CP(=O)(O)O.[Nd]. The topological polar surface area (TPSA) is 57.5 Å². The van der Waals surface area contributed by atoms with Crippen molar-refractivity contribution in [3.05, 3.63) is 0 Å². The summed E-state index contributed by atoms with van der Waals surface area (Å²) in [5, 5.41) is 0.